The maximum absolute atomic E-state index is 11.3. The van der Waals surface area contributed by atoms with Crippen molar-refractivity contribution in [1.29, 1.82) is 5.26 Å². The van der Waals surface area contributed by atoms with Crippen LogP contribution in [0.4, 0.5) is 5.69 Å². The van der Waals surface area contributed by atoms with Crippen molar-refractivity contribution in [2.24, 2.45) is 5.14 Å². The fraction of sp³-hybridized carbons (Fsp3) is 0. The number of nitrogens with two attached hydrogens (primary N) is 1. The summed E-state index contributed by atoms with van der Waals surface area (Å²) in [6.45, 7) is 0. The van der Waals surface area contributed by atoms with Crippen molar-refractivity contribution >= 4 is 55.8 Å². The summed E-state index contributed by atoms with van der Waals surface area (Å²) in [4.78, 5) is 4.48. The summed E-state index contributed by atoms with van der Waals surface area (Å²) in [5.74, 6) is 0. The van der Waals surface area contributed by atoms with E-state index in [4.69, 9.17) is 28.3 Å². The molecule has 0 unspecified atom stereocenters. The topological polar surface area (TPSA) is 109 Å². The van der Waals surface area contributed by atoms with Crippen LogP contribution in [0, 0.1) is 11.3 Å². The number of hydrogen-bond donors (Lipinski definition) is 2. The third-order valence-electron chi connectivity index (χ3n) is 3.64. The van der Waals surface area contributed by atoms with Gasteiger partial charge in [-0.25, -0.2) is 18.5 Å². The second-order valence-corrected chi connectivity index (χ2v) is 8.78. The van der Waals surface area contributed by atoms with Gasteiger partial charge in [0.1, 0.15) is 16.6 Å². The van der Waals surface area contributed by atoms with Crippen LogP contribution in [0.3, 0.4) is 0 Å². The van der Waals surface area contributed by atoms with Crippen LogP contribution in [0.1, 0.15) is 5.01 Å². The number of primary sulfonamides is 1. The van der Waals surface area contributed by atoms with Gasteiger partial charge in [0.2, 0.25) is 10.0 Å². The average Bonchev–Trinajstić information content (AvgIpc) is 3.14. The van der Waals surface area contributed by atoms with Crippen molar-refractivity contribution < 1.29 is 8.42 Å². The first-order chi connectivity index (χ1) is 13.3. The maximum Gasteiger partial charge on any atom is 0.238 e. The maximum atomic E-state index is 11.3. The molecule has 3 aromatic rings. The lowest BCUT2D eigenvalue weighted by Gasteiger charge is -2.03. The van der Waals surface area contributed by atoms with Crippen molar-refractivity contribution in [2.75, 3.05) is 5.32 Å². The van der Waals surface area contributed by atoms with Gasteiger partial charge in [-0.1, -0.05) is 29.3 Å². The van der Waals surface area contributed by atoms with E-state index < -0.39 is 10.0 Å². The lowest BCUT2D eigenvalue weighted by molar-refractivity contribution is 0.598. The summed E-state index contributed by atoms with van der Waals surface area (Å²) in [5, 5.41) is 20.7. The second-order valence-electron chi connectivity index (χ2n) is 5.55. The molecular weight excluding hydrogens is 439 g/mol. The number of nitrogens with one attached hydrogen (secondary N) is 1. The molecule has 2 aromatic carbocycles. The summed E-state index contributed by atoms with van der Waals surface area (Å²) >= 11 is 13.3. The van der Waals surface area contributed by atoms with Crippen molar-refractivity contribution in [3.05, 3.63) is 69.1 Å². The fourth-order valence-corrected chi connectivity index (χ4v) is 3.83. The fourth-order valence-electron chi connectivity index (χ4n) is 2.22. The molecule has 0 saturated carbocycles. The summed E-state index contributed by atoms with van der Waals surface area (Å²) in [5.41, 5.74) is 2.39. The van der Waals surface area contributed by atoms with Crippen molar-refractivity contribution in [2.45, 2.75) is 4.90 Å². The number of aromatic nitrogens is 1. The van der Waals surface area contributed by atoms with Crippen LogP contribution in [0.15, 0.2) is 58.9 Å². The Hall–Kier alpha value is -2.41. The molecular formula is C18H12Cl2N4O2S2. The lowest BCUT2D eigenvalue weighted by atomic mass is 10.2. The third kappa shape index (κ3) is 4.70. The van der Waals surface area contributed by atoms with E-state index in [0.717, 1.165) is 5.56 Å². The van der Waals surface area contributed by atoms with Crippen LogP contribution in [0.25, 0.3) is 16.8 Å². The standard InChI is InChI=1S/C18H12Cl2N4O2S2/c19-15-6-1-11(7-16(15)20)17-10-27-18(24-17)12(8-21)9-23-13-2-4-14(5-3-13)28(22,25)26/h1-7,9-10,23H,(H2,22,25,26). The molecule has 142 valence electrons. The Labute approximate surface area is 175 Å². The molecule has 0 aliphatic carbocycles. The summed E-state index contributed by atoms with van der Waals surface area (Å²) in [7, 11) is -3.75. The van der Waals surface area contributed by atoms with Crippen LogP contribution in [-0.4, -0.2) is 13.4 Å². The molecule has 6 nitrogen and oxygen atoms in total. The van der Waals surface area contributed by atoms with Gasteiger partial charge in [0, 0.05) is 22.8 Å². The molecule has 0 radical (unpaired) electrons. The Kier molecular flexibility index (Phi) is 6.03. The average molecular weight is 451 g/mol. The number of benzene rings is 2. The second kappa shape index (κ2) is 8.31. The number of rotatable bonds is 5. The van der Waals surface area contributed by atoms with Crippen LogP contribution < -0.4 is 10.5 Å². The van der Waals surface area contributed by atoms with Gasteiger partial charge in [0.05, 0.1) is 20.6 Å². The summed E-state index contributed by atoms with van der Waals surface area (Å²) in [6.07, 6.45) is 1.50. The van der Waals surface area contributed by atoms with Gasteiger partial charge in [-0.15, -0.1) is 11.3 Å². The van der Waals surface area contributed by atoms with E-state index in [0.29, 0.717) is 32.0 Å². The van der Waals surface area contributed by atoms with Crippen molar-refractivity contribution in [3.63, 3.8) is 0 Å². The van der Waals surface area contributed by atoms with Gasteiger partial charge < -0.3 is 5.32 Å². The predicted octanol–water partition coefficient (Wildman–Crippen LogP) is 4.74. The van der Waals surface area contributed by atoms with Crippen LogP contribution >= 0.6 is 34.5 Å². The molecule has 3 N–H and O–H groups in total. The van der Waals surface area contributed by atoms with Gasteiger partial charge in [-0.05, 0) is 36.4 Å². The quantitative estimate of drug-likeness (QED) is 0.545. The van der Waals surface area contributed by atoms with Gasteiger partial charge in [0.25, 0.3) is 0 Å². The van der Waals surface area contributed by atoms with E-state index in [1.807, 2.05) is 5.38 Å². The molecule has 10 heteroatoms. The highest BCUT2D eigenvalue weighted by Crippen LogP contribution is 2.30. The molecule has 3 rings (SSSR count). The highest BCUT2D eigenvalue weighted by atomic mass is 35.5. The van der Waals surface area contributed by atoms with Gasteiger partial charge in [-0.2, -0.15) is 5.26 Å². The number of allylic oxidation sites excluding steroid dienone is 1. The lowest BCUT2D eigenvalue weighted by Crippen LogP contribution is -2.11. The first-order valence-corrected chi connectivity index (χ1v) is 10.9. The molecule has 0 bridgehead atoms. The SMILES string of the molecule is N#CC(=CNc1ccc(S(N)(=O)=O)cc1)c1nc(-c2ccc(Cl)c(Cl)c2)cs1. The summed E-state index contributed by atoms with van der Waals surface area (Å²) in [6, 6.07) is 13.1. The zero-order valence-corrected chi connectivity index (χ0v) is 17.2. The molecule has 0 saturated heterocycles. The monoisotopic (exact) mass is 450 g/mol. The molecule has 1 heterocycles. The molecule has 0 spiro atoms. The highest BCUT2D eigenvalue weighted by Gasteiger charge is 2.11. The number of nitriles is 1. The summed E-state index contributed by atoms with van der Waals surface area (Å²) < 4.78 is 22.6. The smallest absolute Gasteiger partial charge is 0.238 e. The Morgan fingerprint density at radius 2 is 1.89 bits per heavy atom. The molecule has 0 fully saturated rings. The largest absolute Gasteiger partial charge is 0.360 e. The first kappa shape index (κ1) is 20.3. The molecule has 0 amide bonds. The number of nitrogens with zero attached hydrogens (tertiary/aromatic N) is 2. The van der Waals surface area contributed by atoms with Gasteiger partial charge >= 0.3 is 0 Å². The highest BCUT2D eigenvalue weighted by molar-refractivity contribution is 7.89. The zero-order chi connectivity index (χ0) is 20.3. The van der Waals surface area contributed by atoms with E-state index in [2.05, 4.69) is 16.4 Å². The minimum absolute atomic E-state index is 0.00808. The number of hydrogen-bond acceptors (Lipinski definition) is 6. The number of anilines is 1. The number of sulfonamides is 1. The van der Waals surface area contributed by atoms with Crippen LogP contribution in [0.2, 0.25) is 10.0 Å². The Bertz CT molecular complexity index is 1200. The minimum atomic E-state index is -3.75. The van der Waals surface area contributed by atoms with Crippen molar-refractivity contribution in [1.82, 2.24) is 4.98 Å². The van der Waals surface area contributed by atoms with Gasteiger partial charge in [0.15, 0.2) is 0 Å². The van der Waals surface area contributed by atoms with E-state index in [-0.39, 0.29) is 4.90 Å². The normalized spacial score (nSPS) is 11.9. The molecule has 0 atom stereocenters. The molecule has 0 aliphatic heterocycles. The molecule has 28 heavy (non-hydrogen) atoms. The van der Waals surface area contributed by atoms with E-state index in [1.165, 1.54) is 29.7 Å². The van der Waals surface area contributed by atoms with Crippen LogP contribution in [-0.2, 0) is 10.0 Å². The zero-order valence-electron chi connectivity index (χ0n) is 14.1. The number of halogens is 2. The third-order valence-corrected chi connectivity index (χ3v) is 6.18. The molecule has 1 aromatic heterocycles. The number of thiazole rings is 1. The Morgan fingerprint density at radius 3 is 2.50 bits per heavy atom. The van der Waals surface area contributed by atoms with E-state index in [9.17, 15) is 13.7 Å². The van der Waals surface area contributed by atoms with Crippen LogP contribution in [0.5, 0.6) is 0 Å². The van der Waals surface area contributed by atoms with Gasteiger partial charge in [-0.3, -0.25) is 0 Å². The van der Waals surface area contributed by atoms with Crippen molar-refractivity contribution in [3.8, 4) is 17.3 Å². The van der Waals surface area contributed by atoms with E-state index >= 15 is 0 Å². The minimum Gasteiger partial charge on any atom is -0.360 e. The molecule has 0 aliphatic rings. The predicted molar refractivity (Wildman–Crippen MR) is 113 cm³/mol. The first-order valence-electron chi connectivity index (χ1n) is 7.69. The Morgan fingerprint density at radius 1 is 1.18 bits per heavy atom. The van der Waals surface area contributed by atoms with E-state index in [1.54, 1.807) is 30.3 Å². The Balaban J connectivity index is 1.81.